The van der Waals surface area contributed by atoms with E-state index in [9.17, 15) is 4.79 Å². The van der Waals surface area contributed by atoms with Crippen LogP contribution in [0.25, 0.3) is 0 Å². The van der Waals surface area contributed by atoms with E-state index in [0.717, 1.165) is 32.4 Å². The number of nitrogens with zero attached hydrogens (tertiary/aromatic N) is 1. The van der Waals surface area contributed by atoms with Gasteiger partial charge in [-0.3, -0.25) is 0 Å². The molecular weight excluding hydrogens is 176 g/mol. The summed E-state index contributed by atoms with van der Waals surface area (Å²) < 4.78 is 0. The summed E-state index contributed by atoms with van der Waals surface area (Å²) in [5.41, 5.74) is 0. The minimum atomic E-state index is 0.138. The molecule has 0 bridgehead atoms. The van der Waals surface area contributed by atoms with Gasteiger partial charge < -0.3 is 10.2 Å². The lowest BCUT2D eigenvalue weighted by Crippen LogP contribution is -2.37. The molecular formula is C11H22N2O. The maximum absolute atomic E-state index is 11.5. The molecule has 1 N–H and O–H groups in total. The van der Waals surface area contributed by atoms with Gasteiger partial charge in [0.2, 0.25) is 0 Å². The summed E-state index contributed by atoms with van der Waals surface area (Å²) >= 11 is 0. The van der Waals surface area contributed by atoms with Gasteiger partial charge in [-0.1, -0.05) is 33.1 Å². The van der Waals surface area contributed by atoms with Crippen LogP contribution in [-0.2, 0) is 0 Å². The highest BCUT2D eigenvalue weighted by atomic mass is 16.2. The quantitative estimate of drug-likeness (QED) is 0.698. The Kier molecular flexibility index (Phi) is 4.77. The van der Waals surface area contributed by atoms with Gasteiger partial charge in [0.25, 0.3) is 0 Å². The van der Waals surface area contributed by atoms with Crippen LogP contribution in [0, 0.1) is 0 Å². The third-order valence-corrected chi connectivity index (χ3v) is 2.84. The van der Waals surface area contributed by atoms with Crippen molar-refractivity contribution in [1.29, 1.82) is 0 Å². The van der Waals surface area contributed by atoms with Crippen LogP contribution in [0.2, 0.25) is 0 Å². The van der Waals surface area contributed by atoms with Crippen LogP contribution in [0.1, 0.15) is 46.0 Å². The lowest BCUT2D eigenvalue weighted by Gasteiger charge is -2.26. The van der Waals surface area contributed by atoms with E-state index in [1.54, 1.807) is 0 Å². The molecule has 0 aliphatic carbocycles. The second kappa shape index (κ2) is 5.89. The van der Waals surface area contributed by atoms with Gasteiger partial charge in [0.15, 0.2) is 0 Å². The summed E-state index contributed by atoms with van der Waals surface area (Å²) in [6.07, 6.45) is 5.92. The predicted molar refractivity (Wildman–Crippen MR) is 58.3 cm³/mol. The Morgan fingerprint density at radius 1 is 1.36 bits per heavy atom. The van der Waals surface area contributed by atoms with Crippen molar-refractivity contribution < 1.29 is 4.79 Å². The zero-order valence-electron chi connectivity index (χ0n) is 9.38. The molecule has 1 unspecified atom stereocenters. The van der Waals surface area contributed by atoms with Gasteiger partial charge in [-0.2, -0.15) is 0 Å². The normalized spacial score (nSPS) is 18.4. The topological polar surface area (TPSA) is 32.3 Å². The van der Waals surface area contributed by atoms with Gasteiger partial charge in [0.05, 0.1) is 0 Å². The molecule has 82 valence electrons. The molecule has 0 saturated carbocycles. The molecule has 1 fully saturated rings. The maximum Gasteiger partial charge on any atom is 0.317 e. The minimum absolute atomic E-state index is 0.138. The van der Waals surface area contributed by atoms with E-state index in [-0.39, 0.29) is 6.03 Å². The van der Waals surface area contributed by atoms with E-state index in [4.69, 9.17) is 0 Å². The highest BCUT2D eigenvalue weighted by Crippen LogP contribution is 2.16. The average Bonchev–Trinajstić information content (AvgIpc) is 2.59. The van der Waals surface area contributed by atoms with Crippen molar-refractivity contribution in [3.05, 3.63) is 0 Å². The molecule has 0 aromatic carbocycles. The molecule has 14 heavy (non-hydrogen) atoms. The molecule has 1 atom stereocenters. The zero-order valence-corrected chi connectivity index (χ0v) is 9.38. The second-order valence-electron chi connectivity index (χ2n) is 4.01. The third-order valence-electron chi connectivity index (χ3n) is 2.84. The van der Waals surface area contributed by atoms with Gasteiger partial charge >= 0.3 is 6.03 Å². The predicted octanol–water partition coefficient (Wildman–Crippen LogP) is 2.37. The summed E-state index contributed by atoms with van der Waals surface area (Å²) in [5.74, 6) is 0. The van der Waals surface area contributed by atoms with E-state index < -0.39 is 0 Å². The number of urea groups is 1. The first-order valence-corrected chi connectivity index (χ1v) is 5.84. The molecule has 1 saturated heterocycles. The van der Waals surface area contributed by atoms with Crippen molar-refractivity contribution in [2.75, 3.05) is 13.1 Å². The van der Waals surface area contributed by atoms with Crippen LogP contribution >= 0.6 is 0 Å². The van der Waals surface area contributed by atoms with Crippen LogP contribution < -0.4 is 5.32 Å². The molecule has 0 radical (unpaired) electrons. The van der Waals surface area contributed by atoms with Crippen molar-refractivity contribution in [2.24, 2.45) is 0 Å². The molecule has 0 aromatic heterocycles. The van der Waals surface area contributed by atoms with Crippen molar-refractivity contribution in [3.63, 3.8) is 0 Å². The van der Waals surface area contributed by atoms with Crippen molar-refractivity contribution >= 4 is 6.03 Å². The van der Waals surface area contributed by atoms with E-state index in [1.165, 1.54) is 12.8 Å². The fraction of sp³-hybridized carbons (Fsp3) is 0.909. The van der Waals surface area contributed by atoms with E-state index in [1.807, 2.05) is 4.90 Å². The SMILES string of the molecule is CCCCC(CCC)N1CCNC1=O. The molecule has 0 spiro atoms. The molecule has 3 heteroatoms. The number of hydrogen-bond acceptors (Lipinski definition) is 1. The van der Waals surface area contributed by atoms with Crippen molar-refractivity contribution in [2.45, 2.75) is 52.0 Å². The summed E-state index contributed by atoms with van der Waals surface area (Å²) in [7, 11) is 0. The lowest BCUT2D eigenvalue weighted by molar-refractivity contribution is 0.188. The summed E-state index contributed by atoms with van der Waals surface area (Å²) in [4.78, 5) is 13.5. The first kappa shape index (κ1) is 11.3. The smallest absolute Gasteiger partial charge is 0.317 e. The Morgan fingerprint density at radius 3 is 2.64 bits per heavy atom. The largest absolute Gasteiger partial charge is 0.336 e. The van der Waals surface area contributed by atoms with Crippen LogP contribution in [-0.4, -0.2) is 30.1 Å². The second-order valence-corrected chi connectivity index (χ2v) is 4.01. The van der Waals surface area contributed by atoms with E-state index in [2.05, 4.69) is 19.2 Å². The Bertz CT molecular complexity index is 182. The summed E-state index contributed by atoms with van der Waals surface area (Å²) in [5, 5.41) is 2.87. The molecule has 1 aliphatic heterocycles. The number of rotatable bonds is 6. The highest BCUT2D eigenvalue weighted by Gasteiger charge is 2.26. The Labute approximate surface area is 86.9 Å². The Balaban J connectivity index is 2.43. The molecule has 1 aliphatic rings. The summed E-state index contributed by atoms with van der Waals surface area (Å²) in [6.45, 7) is 6.11. The summed E-state index contributed by atoms with van der Waals surface area (Å²) in [6, 6.07) is 0.613. The molecule has 0 aromatic rings. The number of carbonyl (C=O) groups is 1. The van der Waals surface area contributed by atoms with Crippen molar-refractivity contribution in [1.82, 2.24) is 10.2 Å². The van der Waals surface area contributed by atoms with Gasteiger partial charge in [-0.05, 0) is 12.8 Å². The van der Waals surface area contributed by atoms with Crippen LogP contribution in [0.5, 0.6) is 0 Å². The average molecular weight is 198 g/mol. The maximum atomic E-state index is 11.5. The van der Waals surface area contributed by atoms with E-state index >= 15 is 0 Å². The Hall–Kier alpha value is -0.730. The number of carbonyl (C=O) groups excluding carboxylic acids is 1. The fourth-order valence-corrected chi connectivity index (χ4v) is 2.06. The molecule has 2 amide bonds. The van der Waals surface area contributed by atoms with Gasteiger partial charge in [0.1, 0.15) is 0 Å². The zero-order chi connectivity index (χ0) is 10.4. The monoisotopic (exact) mass is 198 g/mol. The number of unbranched alkanes of at least 4 members (excludes halogenated alkanes) is 1. The van der Waals surface area contributed by atoms with E-state index in [0.29, 0.717) is 6.04 Å². The third kappa shape index (κ3) is 2.89. The van der Waals surface area contributed by atoms with Crippen molar-refractivity contribution in [3.8, 4) is 0 Å². The van der Waals surface area contributed by atoms with Gasteiger partial charge in [-0.15, -0.1) is 0 Å². The molecule has 3 nitrogen and oxygen atoms in total. The van der Waals surface area contributed by atoms with Gasteiger partial charge in [0, 0.05) is 19.1 Å². The number of hydrogen-bond donors (Lipinski definition) is 1. The number of amides is 2. The molecule has 1 rings (SSSR count). The van der Waals surface area contributed by atoms with Gasteiger partial charge in [-0.25, -0.2) is 4.79 Å². The minimum Gasteiger partial charge on any atom is -0.336 e. The van der Waals surface area contributed by atoms with Crippen LogP contribution in [0.4, 0.5) is 4.79 Å². The van der Waals surface area contributed by atoms with Crippen LogP contribution in [0.15, 0.2) is 0 Å². The lowest BCUT2D eigenvalue weighted by atomic mass is 10.0. The number of nitrogens with one attached hydrogen (secondary N) is 1. The standard InChI is InChI=1S/C11H22N2O/c1-3-5-7-10(6-4-2)13-9-8-12-11(13)14/h10H,3-9H2,1-2H3,(H,12,14). The Morgan fingerprint density at radius 2 is 2.14 bits per heavy atom. The first-order chi connectivity index (χ1) is 6.79. The molecule has 1 heterocycles. The first-order valence-electron chi connectivity index (χ1n) is 5.84. The fourth-order valence-electron chi connectivity index (χ4n) is 2.06. The highest BCUT2D eigenvalue weighted by molar-refractivity contribution is 5.76. The van der Waals surface area contributed by atoms with Crippen LogP contribution in [0.3, 0.4) is 0 Å².